The SMILES string of the molecule is CN1CCC(NC(=O)Nc2nnc3cc(NNS(=O)(=O)c4ccccc4)nc(/C=C/n4ccc5ccccc54)n23)CC1. The number of nitrogens with one attached hydrogen (secondary N) is 4. The Morgan fingerprint density at radius 2 is 1.76 bits per heavy atom. The van der Waals surface area contributed by atoms with Crippen LogP contribution in [0.25, 0.3) is 28.8 Å². The van der Waals surface area contributed by atoms with E-state index < -0.39 is 10.0 Å². The molecule has 1 saturated heterocycles. The number of benzene rings is 2. The van der Waals surface area contributed by atoms with E-state index in [0.29, 0.717) is 11.5 Å². The van der Waals surface area contributed by atoms with Crippen molar-refractivity contribution in [3.8, 4) is 0 Å². The molecule has 1 fully saturated rings. The fourth-order valence-corrected chi connectivity index (χ4v) is 5.71. The summed E-state index contributed by atoms with van der Waals surface area (Å²) in [5.74, 6) is 0.719. The molecule has 0 aliphatic carbocycles. The van der Waals surface area contributed by atoms with Crippen molar-refractivity contribution in [2.24, 2.45) is 0 Å². The first-order valence-corrected chi connectivity index (χ1v) is 14.9. The molecule has 0 spiro atoms. The fourth-order valence-electron chi connectivity index (χ4n) is 4.84. The Bertz CT molecular complexity index is 1860. The summed E-state index contributed by atoms with van der Waals surface area (Å²) in [7, 11) is -1.80. The van der Waals surface area contributed by atoms with E-state index in [1.165, 1.54) is 18.2 Å². The van der Waals surface area contributed by atoms with Gasteiger partial charge in [0.2, 0.25) is 5.95 Å². The van der Waals surface area contributed by atoms with Gasteiger partial charge >= 0.3 is 6.03 Å². The molecule has 1 aliphatic rings. The summed E-state index contributed by atoms with van der Waals surface area (Å²) >= 11 is 0. The van der Waals surface area contributed by atoms with Gasteiger partial charge in [-0.2, -0.15) is 0 Å². The number of aromatic nitrogens is 5. The van der Waals surface area contributed by atoms with Gasteiger partial charge in [0.15, 0.2) is 5.65 Å². The van der Waals surface area contributed by atoms with Crippen molar-refractivity contribution in [3.05, 3.63) is 78.8 Å². The molecule has 13 nitrogen and oxygen atoms in total. The molecule has 0 saturated carbocycles. The van der Waals surface area contributed by atoms with Gasteiger partial charge in [-0.1, -0.05) is 36.4 Å². The summed E-state index contributed by atoms with van der Waals surface area (Å²) in [5, 5.41) is 15.3. The van der Waals surface area contributed by atoms with E-state index in [-0.39, 0.29) is 28.7 Å². The van der Waals surface area contributed by atoms with Crippen LogP contribution in [0.4, 0.5) is 16.6 Å². The Hall–Kier alpha value is -4.79. The highest BCUT2D eigenvalue weighted by atomic mass is 32.2. The number of piperidine rings is 1. The molecule has 0 bridgehead atoms. The van der Waals surface area contributed by atoms with E-state index in [1.807, 2.05) is 47.3 Å². The highest BCUT2D eigenvalue weighted by molar-refractivity contribution is 7.89. The van der Waals surface area contributed by atoms with E-state index in [1.54, 1.807) is 28.7 Å². The molecule has 5 aromatic rings. The third-order valence-electron chi connectivity index (χ3n) is 7.08. The van der Waals surface area contributed by atoms with Crippen LogP contribution < -0.4 is 20.9 Å². The van der Waals surface area contributed by atoms with Crippen molar-refractivity contribution in [2.75, 3.05) is 30.9 Å². The molecule has 2 amide bonds. The zero-order valence-corrected chi connectivity index (χ0v) is 23.6. The number of anilines is 2. The smallest absolute Gasteiger partial charge is 0.321 e. The molecule has 6 rings (SSSR count). The van der Waals surface area contributed by atoms with Gasteiger partial charge in [0, 0.05) is 24.5 Å². The molecule has 216 valence electrons. The van der Waals surface area contributed by atoms with Crippen LogP contribution in [0, 0.1) is 0 Å². The summed E-state index contributed by atoms with van der Waals surface area (Å²) < 4.78 is 29.0. The highest BCUT2D eigenvalue weighted by Crippen LogP contribution is 2.20. The third-order valence-corrected chi connectivity index (χ3v) is 8.34. The number of amides is 2. The molecule has 0 radical (unpaired) electrons. The predicted octanol–water partition coefficient (Wildman–Crippen LogP) is 3.23. The van der Waals surface area contributed by atoms with Crippen LogP contribution >= 0.6 is 0 Å². The molecule has 4 N–H and O–H groups in total. The second-order valence-corrected chi connectivity index (χ2v) is 11.7. The highest BCUT2D eigenvalue weighted by Gasteiger charge is 2.21. The first-order chi connectivity index (χ1) is 20.4. The number of carbonyl (C=O) groups is 1. The number of carbonyl (C=O) groups excluding carboxylic acids is 1. The summed E-state index contributed by atoms with van der Waals surface area (Å²) in [5.41, 5.74) is 4.01. The van der Waals surface area contributed by atoms with Gasteiger partial charge in [0.1, 0.15) is 11.6 Å². The van der Waals surface area contributed by atoms with Gasteiger partial charge in [-0.15, -0.1) is 15.0 Å². The Labute approximate surface area is 242 Å². The van der Waals surface area contributed by atoms with Crippen molar-refractivity contribution in [3.63, 3.8) is 0 Å². The minimum Gasteiger partial charge on any atom is -0.335 e. The maximum absolute atomic E-state index is 12.9. The van der Waals surface area contributed by atoms with Crippen LogP contribution in [0.3, 0.4) is 0 Å². The molecule has 2 aromatic carbocycles. The normalized spacial score (nSPS) is 15.0. The van der Waals surface area contributed by atoms with Crippen LogP contribution in [0.1, 0.15) is 18.7 Å². The van der Waals surface area contributed by atoms with Crippen molar-refractivity contribution in [2.45, 2.75) is 23.8 Å². The first kappa shape index (κ1) is 27.4. The molecule has 0 atom stereocenters. The Kier molecular flexibility index (Phi) is 7.56. The number of hydrogen-bond acceptors (Lipinski definition) is 8. The van der Waals surface area contributed by atoms with E-state index >= 15 is 0 Å². The average molecular weight is 587 g/mol. The van der Waals surface area contributed by atoms with Gasteiger partial charge in [0.25, 0.3) is 10.0 Å². The first-order valence-electron chi connectivity index (χ1n) is 13.4. The van der Waals surface area contributed by atoms with E-state index in [0.717, 1.165) is 36.8 Å². The van der Waals surface area contributed by atoms with Crippen molar-refractivity contribution in [1.82, 2.24) is 39.2 Å². The lowest BCUT2D eigenvalue weighted by Gasteiger charge is -2.29. The summed E-state index contributed by atoms with van der Waals surface area (Å²) in [6.45, 7) is 1.82. The van der Waals surface area contributed by atoms with Crippen LogP contribution in [0.2, 0.25) is 0 Å². The van der Waals surface area contributed by atoms with Gasteiger partial charge in [-0.05, 0) is 68.7 Å². The standard InChI is InChI=1S/C28H30N10O3S/c1-36-15-12-21(13-16-36)29-28(39)31-27-34-33-26-19-24(32-35-42(40,41)22-8-3-2-4-9-22)30-25(38(26)27)14-18-37-17-11-20-7-5-6-10-23(20)37/h2-11,14,17-19,21,32,35H,12-13,15-16H2,1H3,(H2,29,31,34,39)/b18-14+. The minimum atomic E-state index is -3.86. The number of hydrogen-bond donors (Lipinski definition) is 4. The molecular weight excluding hydrogens is 556 g/mol. The second kappa shape index (κ2) is 11.6. The van der Waals surface area contributed by atoms with Crippen LogP contribution in [0.5, 0.6) is 0 Å². The molecule has 0 unspecified atom stereocenters. The number of sulfonamides is 1. The lowest BCUT2D eigenvalue weighted by molar-refractivity contribution is 0.221. The number of urea groups is 1. The number of likely N-dealkylation sites (tertiary alicyclic amines) is 1. The van der Waals surface area contributed by atoms with Crippen molar-refractivity contribution in [1.29, 1.82) is 0 Å². The number of rotatable bonds is 8. The van der Waals surface area contributed by atoms with Gasteiger partial charge < -0.3 is 14.8 Å². The molecule has 1 aliphatic heterocycles. The molecule has 42 heavy (non-hydrogen) atoms. The fraction of sp³-hybridized carbons (Fsp3) is 0.214. The number of hydrazine groups is 1. The number of fused-ring (bicyclic) bond motifs is 2. The molecular formula is C28H30N10O3S. The van der Waals surface area contributed by atoms with Crippen molar-refractivity contribution < 1.29 is 13.2 Å². The maximum atomic E-state index is 12.9. The number of para-hydroxylation sites is 1. The van der Waals surface area contributed by atoms with E-state index in [9.17, 15) is 13.2 Å². The minimum absolute atomic E-state index is 0.0633. The van der Waals surface area contributed by atoms with Crippen LogP contribution in [-0.2, 0) is 10.0 Å². The van der Waals surface area contributed by atoms with Crippen LogP contribution in [-0.4, -0.2) is 69.7 Å². The lowest BCUT2D eigenvalue weighted by atomic mass is 10.1. The monoisotopic (exact) mass is 586 g/mol. The van der Waals surface area contributed by atoms with Gasteiger partial charge in [-0.25, -0.2) is 22.6 Å². The quantitative estimate of drug-likeness (QED) is 0.203. The zero-order valence-electron chi connectivity index (χ0n) is 22.8. The van der Waals surface area contributed by atoms with E-state index in [2.05, 4.69) is 48.0 Å². The molecule has 14 heteroatoms. The van der Waals surface area contributed by atoms with Gasteiger partial charge in [-0.3, -0.25) is 10.7 Å². The topological polar surface area (TPSA) is 151 Å². The summed E-state index contributed by atoms with van der Waals surface area (Å²) in [4.78, 5) is 22.2. The molecule has 3 aromatic heterocycles. The van der Waals surface area contributed by atoms with Crippen LogP contribution in [0.15, 0.2) is 77.8 Å². The molecule has 4 heterocycles. The third kappa shape index (κ3) is 5.95. The van der Waals surface area contributed by atoms with Gasteiger partial charge in [0.05, 0.1) is 10.4 Å². The van der Waals surface area contributed by atoms with Crippen molar-refractivity contribution >= 4 is 56.6 Å². The summed E-state index contributed by atoms with van der Waals surface area (Å²) in [6.07, 6.45) is 7.20. The number of nitrogens with zero attached hydrogens (tertiary/aromatic N) is 6. The Morgan fingerprint density at radius 1 is 1.00 bits per heavy atom. The zero-order chi connectivity index (χ0) is 29.1. The second-order valence-electron chi connectivity index (χ2n) is 10.0. The average Bonchev–Trinajstić information content (AvgIpc) is 3.60. The largest absolute Gasteiger partial charge is 0.335 e. The lowest BCUT2D eigenvalue weighted by Crippen LogP contribution is -2.45. The van der Waals surface area contributed by atoms with E-state index in [4.69, 9.17) is 0 Å². The predicted molar refractivity (Wildman–Crippen MR) is 161 cm³/mol. The summed E-state index contributed by atoms with van der Waals surface area (Å²) in [6, 6.07) is 19.1. The Morgan fingerprint density at radius 3 is 2.57 bits per heavy atom. The maximum Gasteiger partial charge on any atom is 0.321 e. The Balaban J connectivity index is 1.30.